The topological polar surface area (TPSA) is 79.3 Å². The zero-order valence-electron chi connectivity index (χ0n) is 14.6. The maximum atomic E-state index is 13.5. The second-order valence-corrected chi connectivity index (χ2v) is 6.94. The van der Waals surface area contributed by atoms with Crippen LogP contribution in [0.5, 0.6) is 0 Å². The lowest BCUT2D eigenvalue weighted by Crippen LogP contribution is -2.55. The standard InChI is InChI=1S/C21H17FN2O3/c1-12-8-17(16-7-6-15(22)9-18(16)23-12)19(25)24-21(20(26)27)10-13-4-2-3-5-14(13)11-21/h2-9H,10-11H2,1H3,(H,24,25)(H,26,27). The molecule has 0 spiro atoms. The van der Waals surface area contributed by atoms with Gasteiger partial charge in [-0.2, -0.15) is 0 Å². The Morgan fingerprint density at radius 1 is 1.11 bits per heavy atom. The Kier molecular flexibility index (Phi) is 3.91. The highest BCUT2D eigenvalue weighted by Gasteiger charge is 2.45. The maximum absolute atomic E-state index is 13.5. The molecule has 6 heteroatoms. The molecule has 136 valence electrons. The number of carboxylic acid groups (broad SMARTS) is 1. The number of halogens is 1. The molecule has 3 aromatic rings. The van der Waals surface area contributed by atoms with Crippen molar-refractivity contribution in [1.82, 2.24) is 10.3 Å². The lowest BCUT2D eigenvalue weighted by molar-refractivity contribution is -0.144. The summed E-state index contributed by atoms with van der Waals surface area (Å²) in [7, 11) is 0. The third-order valence-corrected chi connectivity index (χ3v) is 5.01. The van der Waals surface area contributed by atoms with Gasteiger partial charge in [0.2, 0.25) is 0 Å². The van der Waals surface area contributed by atoms with Crippen molar-refractivity contribution in [1.29, 1.82) is 0 Å². The van der Waals surface area contributed by atoms with Crippen LogP contribution in [0.3, 0.4) is 0 Å². The van der Waals surface area contributed by atoms with Crippen molar-refractivity contribution in [3.63, 3.8) is 0 Å². The fourth-order valence-corrected chi connectivity index (χ4v) is 3.71. The van der Waals surface area contributed by atoms with Crippen LogP contribution in [0.1, 0.15) is 27.2 Å². The summed E-state index contributed by atoms with van der Waals surface area (Å²) >= 11 is 0. The van der Waals surface area contributed by atoms with E-state index in [-0.39, 0.29) is 18.4 Å². The molecule has 0 saturated carbocycles. The zero-order valence-corrected chi connectivity index (χ0v) is 14.6. The molecule has 27 heavy (non-hydrogen) atoms. The molecular weight excluding hydrogens is 347 g/mol. The van der Waals surface area contributed by atoms with Gasteiger partial charge in [0.25, 0.3) is 5.91 Å². The molecule has 4 rings (SSSR count). The number of hydrogen-bond donors (Lipinski definition) is 2. The summed E-state index contributed by atoms with van der Waals surface area (Å²) in [6.45, 7) is 1.71. The quantitative estimate of drug-likeness (QED) is 0.749. The normalized spacial score (nSPS) is 14.7. The van der Waals surface area contributed by atoms with E-state index in [9.17, 15) is 19.1 Å². The summed E-state index contributed by atoms with van der Waals surface area (Å²) in [6, 6.07) is 13.1. The second-order valence-electron chi connectivity index (χ2n) is 6.94. The van der Waals surface area contributed by atoms with Gasteiger partial charge in [-0.1, -0.05) is 24.3 Å². The smallest absolute Gasteiger partial charge is 0.330 e. The molecule has 1 aliphatic rings. The number of nitrogens with one attached hydrogen (secondary N) is 1. The van der Waals surface area contributed by atoms with Crippen LogP contribution in [0.4, 0.5) is 4.39 Å². The molecule has 2 N–H and O–H groups in total. The number of aliphatic carboxylic acids is 1. The summed E-state index contributed by atoms with van der Waals surface area (Å²) in [4.78, 5) is 29.3. The highest BCUT2D eigenvalue weighted by molar-refractivity contribution is 6.08. The minimum atomic E-state index is -1.40. The van der Waals surface area contributed by atoms with Gasteiger partial charge in [-0.05, 0) is 36.2 Å². The Morgan fingerprint density at radius 3 is 2.41 bits per heavy atom. The summed E-state index contributed by atoms with van der Waals surface area (Å²) in [5, 5.41) is 13.1. The summed E-state index contributed by atoms with van der Waals surface area (Å²) < 4.78 is 13.5. The predicted molar refractivity (Wildman–Crippen MR) is 98.1 cm³/mol. The van der Waals surface area contributed by atoms with E-state index in [0.717, 1.165) is 11.1 Å². The van der Waals surface area contributed by atoms with Crippen molar-refractivity contribution in [3.05, 3.63) is 76.7 Å². The van der Waals surface area contributed by atoms with Crippen LogP contribution in [0.15, 0.2) is 48.5 Å². The van der Waals surface area contributed by atoms with Crippen molar-refractivity contribution < 1.29 is 19.1 Å². The molecule has 0 aliphatic heterocycles. The molecule has 0 radical (unpaired) electrons. The summed E-state index contributed by atoms with van der Waals surface area (Å²) in [5.74, 6) is -2.03. The number of aromatic nitrogens is 1. The van der Waals surface area contributed by atoms with E-state index >= 15 is 0 Å². The summed E-state index contributed by atoms with van der Waals surface area (Å²) in [5.41, 5.74) is 1.63. The molecule has 1 aromatic heterocycles. The Hall–Kier alpha value is -3.28. The number of carbonyl (C=O) groups is 2. The van der Waals surface area contributed by atoms with Gasteiger partial charge in [0, 0.05) is 30.0 Å². The van der Waals surface area contributed by atoms with Crippen LogP contribution in [0, 0.1) is 12.7 Å². The van der Waals surface area contributed by atoms with Gasteiger partial charge in [0.05, 0.1) is 11.1 Å². The molecule has 0 atom stereocenters. The van der Waals surface area contributed by atoms with Crippen LogP contribution in [0.25, 0.3) is 10.9 Å². The molecule has 1 aliphatic carbocycles. The van der Waals surface area contributed by atoms with Gasteiger partial charge in [-0.3, -0.25) is 9.78 Å². The Labute approximate surface area is 154 Å². The minimum absolute atomic E-state index is 0.223. The monoisotopic (exact) mass is 364 g/mol. The van der Waals surface area contributed by atoms with E-state index in [4.69, 9.17) is 0 Å². The Bertz CT molecular complexity index is 1060. The third-order valence-electron chi connectivity index (χ3n) is 5.01. The molecule has 1 amide bonds. The van der Waals surface area contributed by atoms with Crippen molar-refractivity contribution in [2.45, 2.75) is 25.3 Å². The molecule has 0 unspecified atom stereocenters. The van der Waals surface area contributed by atoms with Crippen LogP contribution < -0.4 is 5.32 Å². The lowest BCUT2D eigenvalue weighted by atomic mass is 9.94. The van der Waals surface area contributed by atoms with Gasteiger partial charge in [0.15, 0.2) is 0 Å². The van der Waals surface area contributed by atoms with E-state index in [2.05, 4.69) is 10.3 Å². The van der Waals surface area contributed by atoms with Gasteiger partial charge in [-0.15, -0.1) is 0 Å². The fraction of sp³-hybridized carbons (Fsp3) is 0.190. The molecule has 1 heterocycles. The van der Waals surface area contributed by atoms with Crippen molar-refractivity contribution >= 4 is 22.8 Å². The number of carboxylic acids is 1. The van der Waals surface area contributed by atoms with Crippen molar-refractivity contribution in [2.24, 2.45) is 0 Å². The molecule has 2 aromatic carbocycles. The average molecular weight is 364 g/mol. The number of carbonyl (C=O) groups excluding carboxylic acids is 1. The average Bonchev–Trinajstić information content (AvgIpc) is 3.00. The van der Waals surface area contributed by atoms with Crippen molar-refractivity contribution in [2.75, 3.05) is 0 Å². The van der Waals surface area contributed by atoms with E-state index in [1.165, 1.54) is 18.2 Å². The van der Waals surface area contributed by atoms with E-state index in [1.807, 2.05) is 24.3 Å². The molecule has 5 nitrogen and oxygen atoms in total. The van der Waals surface area contributed by atoms with Crippen LogP contribution >= 0.6 is 0 Å². The number of benzene rings is 2. The Balaban J connectivity index is 1.74. The first kappa shape index (κ1) is 17.1. The summed E-state index contributed by atoms with van der Waals surface area (Å²) in [6.07, 6.45) is 0.446. The van der Waals surface area contributed by atoms with Crippen LogP contribution in [0.2, 0.25) is 0 Å². The number of fused-ring (bicyclic) bond motifs is 2. The first-order valence-corrected chi connectivity index (χ1v) is 8.57. The van der Waals surface area contributed by atoms with Gasteiger partial charge in [0.1, 0.15) is 11.4 Å². The van der Waals surface area contributed by atoms with Gasteiger partial charge < -0.3 is 10.4 Å². The molecule has 0 fully saturated rings. The first-order chi connectivity index (χ1) is 12.9. The van der Waals surface area contributed by atoms with E-state index in [1.54, 1.807) is 13.0 Å². The maximum Gasteiger partial charge on any atom is 0.330 e. The predicted octanol–water partition coefficient (Wildman–Crippen LogP) is 3.03. The minimum Gasteiger partial charge on any atom is -0.479 e. The fourth-order valence-electron chi connectivity index (χ4n) is 3.71. The van der Waals surface area contributed by atoms with E-state index in [0.29, 0.717) is 16.6 Å². The van der Waals surface area contributed by atoms with Gasteiger partial charge >= 0.3 is 5.97 Å². The lowest BCUT2D eigenvalue weighted by Gasteiger charge is -2.26. The highest BCUT2D eigenvalue weighted by Crippen LogP contribution is 2.31. The van der Waals surface area contributed by atoms with Crippen LogP contribution in [-0.4, -0.2) is 27.5 Å². The molecule has 0 saturated heterocycles. The Morgan fingerprint density at radius 2 is 1.78 bits per heavy atom. The SMILES string of the molecule is Cc1cc(C(=O)NC2(C(=O)O)Cc3ccccc3C2)c2ccc(F)cc2n1. The van der Waals surface area contributed by atoms with Gasteiger partial charge in [-0.25, -0.2) is 9.18 Å². The van der Waals surface area contributed by atoms with Crippen LogP contribution in [-0.2, 0) is 17.6 Å². The highest BCUT2D eigenvalue weighted by atomic mass is 19.1. The number of amides is 1. The first-order valence-electron chi connectivity index (χ1n) is 8.57. The number of aryl methyl sites for hydroxylation is 1. The number of hydrogen-bond acceptors (Lipinski definition) is 3. The zero-order chi connectivity index (χ0) is 19.2. The number of rotatable bonds is 3. The van der Waals surface area contributed by atoms with E-state index < -0.39 is 23.2 Å². The molecule has 0 bridgehead atoms. The molecular formula is C21H17FN2O3. The second kappa shape index (κ2) is 6.16. The number of pyridine rings is 1. The van der Waals surface area contributed by atoms with Crippen molar-refractivity contribution in [3.8, 4) is 0 Å². The third kappa shape index (κ3) is 2.93. The largest absolute Gasteiger partial charge is 0.479 e. The number of nitrogens with zero attached hydrogens (tertiary/aromatic N) is 1.